The van der Waals surface area contributed by atoms with Crippen molar-refractivity contribution in [1.82, 2.24) is 9.13 Å². The van der Waals surface area contributed by atoms with Crippen molar-refractivity contribution < 1.29 is 0 Å². The lowest BCUT2D eigenvalue weighted by Gasteiger charge is -2.36. The van der Waals surface area contributed by atoms with Crippen LogP contribution in [0, 0.1) is 0 Å². The van der Waals surface area contributed by atoms with E-state index < -0.39 is 8.40 Å². The molecule has 0 saturated heterocycles. The molecule has 0 bridgehead atoms. The van der Waals surface area contributed by atoms with Gasteiger partial charge in [-0.2, -0.15) is 0 Å². The molecule has 0 heterocycles. The van der Waals surface area contributed by atoms with Crippen LogP contribution in [0.3, 0.4) is 0 Å². The van der Waals surface area contributed by atoms with E-state index in [1.807, 2.05) is 0 Å². The quantitative estimate of drug-likeness (QED) is 0.592. The molecule has 0 aliphatic heterocycles. The molecule has 0 atom stereocenters. The van der Waals surface area contributed by atoms with Crippen molar-refractivity contribution in [2.24, 2.45) is 0 Å². The average molecular weight is 172 g/mol. The molecule has 3 heteroatoms. The van der Waals surface area contributed by atoms with Gasteiger partial charge in [-0.1, -0.05) is 11.8 Å². The summed E-state index contributed by atoms with van der Waals surface area (Å²) >= 11 is 0. The van der Waals surface area contributed by atoms with Gasteiger partial charge in [0.25, 0.3) is 0 Å². The van der Waals surface area contributed by atoms with Gasteiger partial charge in [0.05, 0.1) is 0 Å². The summed E-state index contributed by atoms with van der Waals surface area (Å²) in [5.41, 5.74) is 2.33. The summed E-state index contributed by atoms with van der Waals surface area (Å²) in [6.45, 7) is 4.41. The molecule has 2 nitrogen and oxygen atoms in total. The van der Waals surface area contributed by atoms with Crippen molar-refractivity contribution in [3.63, 3.8) is 0 Å². The van der Waals surface area contributed by atoms with Crippen LogP contribution in [0.5, 0.6) is 0 Å². The molecule has 0 aromatic heterocycles. The summed E-state index contributed by atoms with van der Waals surface area (Å²) in [7, 11) is 7.16. The number of nitrogens with zero attached hydrogens (tertiary/aromatic N) is 2. The van der Waals surface area contributed by atoms with E-state index in [2.05, 4.69) is 62.6 Å². The van der Waals surface area contributed by atoms with Gasteiger partial charge in [0.15, 0.2) is 0 Å². The Morgan fingerprint density at radius 1 is 1.00 bits per heavy atom. The maximum atomic E-state index is 2.33. The van der Waals surface area contributed by atoms with E-state index in [0.29, 0.717) is 0 Å². The molecule has 0 unspecified atom stereocenters. The first kappa shape index (κ1) is 10.9. The molecule has 0 radical (unpaired) electrons. The van der Waals surface area contributed by atoms with Crippen molar-refractivity contribution in [2.75, 3.05) is 28.2 Å². The minimum absolute atomic E-state index is 1.42. The van der Waals surface area contributed by atoms with E-state index in [0.717, 1.165) is 0 Å². The molecule has 0 fully saturated rings. The van der Waals surface area contributed by atoms with Crippen molar-refractivity contribution in [2.45, 2.75) is 13.5 Å². The second-order valence-electron chi connectivity index (χ2n) is 3.38. The van der Waals surface area contributed by atoms with Crippen molar-refractivity contribution in [1.29, 1.82) is 0 Å². The summed E-state index contributed by atoms with van der Waals surface area (Å²) < 4.78 is 4.65. The van der Waals surface area contributed by atoms with Crippen LogP contribution in [0.25, 0.3) is 0 Å². The molecule has 0 saturated carbocycles. The second kappa shape index (κ2) is 4.04. The van der Waals surface area contributed by atoms with E-state index >= 15 is 0 Å². The molecule has 11 heavy (non-hydrogen) atoms. The number of hydrogen-bond donors (Lipinski definition) is 0. The number of rotatable bonds is 3. The summed E-state index contributed by atoms with van der Waals surface area (Å²) in [4.78, 5) is 0. The van der Waals surface area contributed by atoms with Gasteiger partial charge in [0.1, 0.15) is 0 Å². The molecule has 0 amide bonds. The van der Waals surface area contributed by atoms with Crippen LogP contribution in [-0.2, 0) is 0 Å². The maximum Gasteiger partial charge on any atom is 0.228 e. The highest BCUT2D eigenvalue weighted by atomic mass is 28.3. The summed E-state index contributed by atoms with van der Waals surface area (Å²) in [5.74, 6) is 0. The zero-order valence-corrected chi connectivity index (χ0v) is 9.55. The molecule has 0 N–H and O–H groups in total. The SMILES string of the molecule is CC=C[Si](C)(N(C)C)N(C)C. The fourth-order valence-electron chi connectivity index (χ4n) is 1.01. The summed E-state index contributed by atoms with van der Waals surface area (Å²) in [6.07, 6.45) is 2.15. The summed E-state index contributed by atoms with van der Waals surface area (Å²) in [6, 6.07) is 0. The van der Waals surface area contributed by atoms with Crippen LogP contribution >= 0.6 is 0 Å². The minimum atomic E-state index is -1.42. The highest BCUT2D eigenvalue weighted by Crippen LogP contribution is 2.09. The molecule has 0 aliphatic carbocycles. The van der Waals surface area contributed by atoms with E-state index in [9.17, 15) is 0 Å². The fourth-order valence-corrected chi connectivity index (χ4v) is 3.04. The van der Waals surface area contributed by atoms with Gasteiger partial charge in [0, 0.05) is 0 Å². The van der Waals surface area contributed by atoms with Gasteiger partial charge in [-0.25, -0.2) is 0 Å². The Hall–Kier alpha value is -0.123. The third-order valence-electron chi connectivity index (χ3n) is 2.29. The minimum Gasteiger partial charge on any atom is -0.314 e. The van der Waals surface area contributed by atoms with Gasteiger partial charge in [-0.15, -0.1) is 0 Å². The first-order chi connectivity index (χ1) is 4.95. The predicted octanol–water partition coefficient (Wildman–Crippen LogP) is 1.30. The summed E-state index contributed by atoms with van der Waals surface area (Å²) in [5, 5.41) is 0. The zero-order valence-electron chi connectivity index (χ0n) is 8.55. The Bertz CT molecular complexity index is 133. The second-order valence-corrected chi connectivity index (χ2v) is 7.69. The van der Waals surface area contributed by atoms with Gasteiger partial charge < -0.3 is 9.13 Å². The first-order valence-electron chi connectivity index (χ1n) is 3.94. The van der Waals surface area contributed by atoms with Gasteiger partial charge in [0.2, 0.25) is 8.40 Å². The predicted molar refractivity (Wildman–Crippen MR) is 53.8 cm³/mol. The monoisotopic (exact) mass is 172 g/mol. The molecule has 0 spiro atoms. The van der Waals surface area contributed by atoms with E-state index in [1.54, 1.807) is 0 Å². The van der Waals surface area contributed by atoms with Crippen molar-refractivity contribution in [3.05, 3.63) is 11.8 Å². The lowest BCUT2D eigenvalue weighted by Crippen LogP contribution is -2.57. The molecule has 66 valence electrons. The van der Waals surface area contributed by atoms with E-state index in [-0.39, 0.29) is 0 Å². The van der Waals surface area contributed by atoms with Gasteiger partial charge in [-0.05, 0) is 41.7 Å². The van der Waals surface area contributed by atoms with E-state index in [1.165, 1.54) is 0 Å². The fraction of sp³-hybridized carbons (Fsp3) is 0.750. The zero-order chi connectivity index (χ0) is 9.07. The molecular weight excluding hydrogens is 152 g/mol. The molecule has 0 aromatic carbocycles. The molecule has 0 rings (SSSR count). The van der Waals surface area contributed by atoms with Crippen LogP contribution in [-0.4, -0.2) is 45.7 Å². The highest BCUT2D eigenvalue weighted by Gasteiger charge is 2.29. The number of hydrogen-bond acceptors (Lipinski definition) is 2. The Labute approximate surface area is 71.7 Å². The average Bonchev–Trinajstić information content (AvgIpc) is 1.87. The largest absolute Gasteiger partial charge is 0.314 e. The van der Waals surface area contributed by atoms with Crippen molar-refractivity contribution in [3.8, 4) is 0 Å². The van der Waals surface area contributed by atoms with Crippen molar-refractivity contribution >= 4 is 8.40 Å². The molecular formula is C8H20N2Si. The Kier molecular flexibility index (Phi) is 4.00. The Morgan fingerprint density at radius 3 is 1.45 bits per heavy atom. The normalized spacial score (nSPS) is 13.8. The van der Waals surface area contributed by atoms with Crippen LogP contribution in [0.1, 0.15) is 6.92 Å². The van der Waals surface area contributed by atoms with Gasteiger partial charge >= 0.3 is 0 Å². The molecule has 0 aliphatic rings. The lowest BCUT2D eigenvalue weighted by molar-refractivity contribution is 0.502. The highest BCUT2D eigenvalue weighted by molar-refractivity contribution is 6.77. The molecule has 0 aromatic rings. The lowest BCUT2D eigenvalue weighted by atomic mass is 10.8. The smallest absolute Gasteiger partial charge is 0.228 e. The van der Waals surface area contributed by atoms with E-state index in [4.69, 9.17) is 0 Å². The topological polar surface area (TPSA) is 6.48 Å². The van der Waals surface area contributed by atoms with Gasteiger partial charge in [-0.3, -0.25) is 0 Å². The van der Waals surface area contributed by atoms with Crippen LogP contribution < -0.4 is 0 Å². The standard InChI is InChI=1S/C8H20N2Si/c1-7-8-11(6,9(2)3)10(4)5/h7-8H,1-6H3. The first-order valence-corrected chi connectivity index (χ1v) is 6.41. The van der Waals surface area contributed by atoms with Crippen LogP contribution in [0.2, 0.25) is 6.55 Å². The number of allylic oxidation sites excluding steroid dienone is 1. The third-order valence-corrected chi connectivity index (χ3v) is 6.88. The van der Waals surface area contributed by atoms with Crippen LogP contribution in [0.15, 0.2) is 11.8 Å². The Balaban J connectivity index is 4.52. The Morgan fingerprint density at radius 2 is 1.36 bits per heavy atom. The maximum absolute atomic E-state index is 2.33. The van der Waals surface area contributed by atoms with Crippen LogP contribution in [0.4, 0.5) is 0 Å². The third kappa shape index (κ3) is 2.43.